The van der Waals surface area contributed by atoms with Gasteiger partial charge in [0.05, 0.1) is 17.4 Å². The Bertz CT molecular complexity index is 1170. The maximum absolute atomic E-state index is 14.1. The number of nitrogens with one attached hydrogen (secondary N) is 3. The summed E-state index contributed by atoms with van der Waals surface area (Å²) in [5, 5.41) is 2.50. The lowest BCUT2D eigenvalue weighted by Crippen LogP contribution is -2.44. The number of ether oxygens (including phenoxy) is 1. The van der Waals surface area contributed by atoms with Gasteiger partial charge in [-0.05, 0) is 58.5 Å². The van der Waals surface area contributed by atoms with Crippen LogP contribution in [0.3, 0.4) is 0 Å². The normalized spacial score (nSPS) is 11.7. The van der Waals surface area contributed by atoms with Gasteiger partial charge in [-0.2, -0.15) is 0 Å². The first-order valence-electron chi connectivity index (χ1n) is 10.2. The molecule has 0 saturated carbocycles. The molecule has 13 heteroatoms. The Morgan fingerprint density at radius 2 is 1.88 bits per heavy atom. The van der Waals surface area contributed by atoms with Crippen molar-refractivity contribution in [3.8, 4) is 11.1 Å². The number of benzene rings is 1. The van der Waals surface area contributed by atoms with Gasteiger partial charge < -0.3 is 10.1 Å². The summed E-state index contributed by atoms with van der Waals surface area (Å²) in [5.74, 6) is -2.10. The third kappa shape index (κ3) is 7.35. The molecular formula is C21H27ClFN5O5S. The van der Waals surface area contributed by atoms with Gasteiger partial charge in [-0.15, -0.1) is 4.83 Å². The second-order valence-corrected chi connectivity index (χ2v) is 10.2. The molecule has 0 atom stereocenters. The molecular weight excluding hydrogens is 489 g/mol. The number of hydrogen-bond donors (Lipinski definition) is 3. The molecule has 0 bridgehead atoms. The standard InChI is InChI=1S/C21H27ClFN5O5S/c1-6-28(20(30)33-21(2,3)4)17-11-25-18(22)10-15(17)14-8-7-13(23)9-16(14)19(29)26-27-34(31,32)12-24-5/h7-11,24,27H,6,12H2,1-5H3,(H,26,29). The number of pyridine rings is 1. The van der Waals surface area contributed by atoms with Gasteiger partial charge in [0, 0.05) is 12.1 Å². The van der Waals surface area contributed by atoms with E-state index in [1.165, 1.54) is 30.3 Å². The first-order valence-corrected chi connectivity index (χ1v) is 12.2. The average molecular weight is 516 g/mol. The van der Waals surface area contributed by atoms with Crippen molar-refractivity contribution in [3.05, 3.63) is 47.0 Å². The zero-order valence-electron chi connectivity index (χ0n) is 19.4. The van der Waals surface area contributed by atoms with E-state index in [0.717, 1.165) is 12.1 Å². The zero-order chi connectivity index (χ0) is 25.7. The predicted molar refractivity (Wildman–Crippen MR) is 127 cm³/mol. The summed E-state index contributed by atoms with van der Waals surface area (Å²) in [6, 6.07) is 4.81. The molecule has 1 aromatic carbocycles. The molecule has 0 aliphatic rings. The first kappa shape index (κ1) is 27.4. The molecule has 10 nitrogen and oxygen atoms in total. The summed E-state index contributed by atoms with van der Waals surface area (Å²) in [7, 11) is -2.45. The molecule has 0 radical (unpaired) electrons. The summed E-state index contributed by atoms with van der Waals surface area (Å²) in [6.07, 6.45) is 0.680. The molecule has 0 aliphatic carbocycles. The summed E-state index contributed by atoms with van der Waals surface area (Å²) < 4.78 is 43.3. The number of carbonyl (C=O) groups excluding carboxylic acids is 2. The maximum Gasteiger partial charge on any atom is 0.414 e. The van der Waals surface area contributed by atoms with Crippen LogP contribution in [0.5, 0.6) is 0 Å². The van der Waals surface area contributed by atoms with Crippen LogP contribution in [0.2, 0.25) is 5.15 Å². The number of carbonyl (C=O) groups is 2. The van der Waals surface area contributed by atoms with Crippen LogP contribution in [0.4, 0.5) is 14.9 Å². The molecule has 0 fully saturated rings. The molecule has 0 saturated heterocycles. The van der Waals surface area contributed by atoms with Crippen molar-refractivity contribution in [2.75, 3.05) is 24.4 Å². The fourth-order valence-electron chi connectivity index (χ4n) is 2.93. The monoisotopic (exact) mass is 515 g/mol. The molecule has 3 N–H and O–H groups in total. The van der Waals surface area contributed by atoms with Crippen molar-refractivity contribution < 1.29 is 27.1 Å². The summed E-state index contributed by atoms with van der Waals surface area (Å²) in [6.45, 7) is 7.07. The smallest absolute Gasteiger partial charge is 0.414 e. The van der Waals surface area contributed by atoms with E-state index >= 15 is 0 Å². The van der Waals surface area contributed by atoms with Crippen LogP contribution in [0.15, 0.2) is 30.5 Å². The van der Waals surface area contributed by atoms with Crippen LogP contribution in [0, 0.1) is 5.82 Å². The third-order valence-corrected chi connectivity index (χ3v) is 5.53. The Hall–Kier alpha value is -2.80. The topological polar surface area (TPSA) is 130 Å². The van der Waals surface area contributed by atoms with Gasteiger partial charge in [0.1, 0.15) is 22.4 Å². The van der Waals surface area contributed by atoms with Gasteiger partial charge in [0.25, 0.3) is 5.91 Å². The second-order valence-electron chi connectivity index (χ2n) is 8.11. The molecule has 1 aromatic heterocycles. The van der Waals surface area contributed by atoms with E-state index in [-0.39, 0.29) is 34.1 Å². The van der Waals surface area contributed by atoms with Crippen LogP contribution < -0.4 is 20.5 Å². The Kier molecular flexibility index (Phi) is 8.95. The van der Waals surface area contributed by atoms with E-state index in [0.29, 0.717) is 0 Å². The van der Waals surface area contributed by atoms with Gasteiger partial charge in [-0.1, -0.05) is 17.7 Å². The highest BCUT2D eigenvalue weighted by atomic mass is 35.5. The molecule has 2 aromatic rings. The number of amides is 2. The van der Waals surface area contributed by atoms with Crippen molar-refractivity contribution >= 4 is 39.3 Å². The number of hydrazine groups is 1. The molecule has 2 amide bonds. The van der Waals surface area contributed by atoms with E-state index < -0.39 is 39.3 Å². The molecule has 0 aliphatic heterocycles. The van der Waals surface area contributed by atoms with Crippen LogP contribution in [0.1, 0.15) is 38.1 Å². The van der Waals surface area contributed by atoms with Crippen molar-refractivity contribution in [3.63, 3.8) is 0 Å². The van der Waals surface area contributed by atoms with Gasteiger partial charge in [0.15, 0.2) is 0 Å². The van der Waals surface area contributed by atoms with E-state index in [1.54, 1.807) is 27.7 Å². The van der Waals surface area contributed by atoms with E-state index in [9.17, 15) is 22.4 Å². The van der Waals surface area contributed by atoms with Crippen molar-refractivity contribution in [1.82, 2.24) is 20.6 Å². The Labute approximate surface area is 202 Å². The van der Waals surface area contributed by atoms with Crippen LogP contribution in [0.25, 0.3) is 11.1 Å². The Morgan fingerprint density at radius 1 is 1.21 bits per heavy atom. The van der Waals surface area contributed by atoms with Crippen LogP contribution >= 0.6 is 11.6 Å². The molecule has 34 heavy (non-hydrogen) atoms. The molecule has 0 spiro atoms. The third-order valence-electron chi connectivity index (χ3n) is 4.24. The fraction of sp³-hybridized carbons (Fsp3) is 0.381. The van der Waals surface area contributed by atoms with E-state index in [4.69, 9.17) is 16.3 Å². The van der Waals surface area contributed by atoms with Crippen molar-refractivity contribution in [1.29, 1.82) is 0 Å². The highest BCUT2D eigenvalue weighted by Gasteiger charge is 2.26. The van der Waals surface area contributed by atoms with Gasteiger partial charge in [-0.25, -0.2) is 22.6 Å². The average Bonchev–Trinajstić information content (AvgIpc) is 2.72. The highest BCUT2D eigenvalue weighted by Crippen LogP contribution is 2.35. The number of anilines is 1. The minimum absolute atomic E-state index is 0.0596. The number of aromatic nitrogens is 1. The number of nitrogens with zero attached hydrogens (tertiary/aromatic N) is 2. The first-order chi connectivity index (χ1) is 15.8. The van der Waals surface area contributed by atoms with E-state index in [2.05, 4.69) is 15.7 Å². The van der Waals surface area contributed by atoms with Crippen LogP contribution in [-0.4, -0.2) is 50.5 Å². The maximum atomic E-state index is 14.1. The van der Waals surface area contributed by atoms with Gasteiger partial charge >= 0.3 is 6.09 Å². The second kappa shape index (κ2) is 11.1. The lowest BCUT2D eigenvalue weighted by Gasteiger charge is -2.28. The van der Waals surface area contributed by atoms with Crippen molar-refractivity contribution in [2.24, 2.45) is 0 Å². The summed E-state index contributed by atoms with van der Waals surface area (Å²) in [4.78, 5) is 32.9. The SMILES string of the molecule is CCN(C(=O)OC(C)(C)C)c1cnc(Cl)cc1-c1ccc(F)cc1C(=O)NNS(=O)(=O)CNC. The molecule has 1 heterocycles. The molecule has 2 rings (SSSR count). The quantitative estimate of drug-likeness (QED) is 0.364. The predicted octanol–water partition coefficient (Wildman–Crippen LogP) is 3.04. The number of hydrogen-bond acceptors (Lipinski definition) is 7. The van der Waals surface area contributed by atoms with Gasteiger partial charge in [-0.3, -0.25) is 15.1 Å². The minimum Gasteiger partial charge on any atom is -0.443 e. The number of sulfonamides is 1. The summed E-state index contributed by atoms with van der Waals surface area (Å²) >= 11 is 6.10. The van der Waals surface area contributed by atoms with Crippen LogP contribution in [-0.2, 0) is 14.8 Å². The lowest BCUT2D eigenvalue weighted by atomic mass is 9.98. The van der Waals surface area contributed by atoms with Crippen molar-refractivity contribution in [2.45, 2.75) is 33.3 Å². The van der Waals surface area contributed by atoms with E-state index in [1.807, 2.05) is 4.83 Å². The highest BCUT2D eigenvalue weighted by molar-refractivity contribution is 7.89. The summed E-state index contributed by atoms with van der Waals surface area (Å²) in [5.41, 5.74) is 1.83. The molecule has 186 valence electrons. The number of rotatable bonds is 8. The Balaban J connectivity index is 2.57. The zero-order valence-corrected chi connectivity index (χ0v) is 21.0. The number of halogens is 2. The lowest BCUT2D eigenvalue weighted by molar-refractivity contribution is 0.0582. The largest absolute Gasteiger partial charge is 0.443 e. The van der Waals surface area contributed by atoms with Gasteiger partial charge in [0.2, 0.25) is 10.0 Å². The fourth-order valence-corrected chi connectivity index (χ4v) is 3.78. The Morgan fingerprint density at radius 3 is 2.47 bits per heavy atom. The minimum atomic E-state index is -3.87. The molecule has 0 unspecified atom stereocenters.